The minimum absolute atomic E-state index is 0.238. The molecule has 0 saturated heterocycles. The normalized spacial score (nSPS) is 11.8. The van der Waals surface area contributed by atoms with E-state index >= 15 is 0 Å². The third kappa shape index (κ3) is 3.91. The first kappa shape index (κ1) is 16.9. The fourth-order valence-corrected chi connectivity index (χ4v) is 2.67. The number of sulfonamides is 1. The van der Waals surface area contributed by atoms with Gasteiger partial charge in [0, 0.05) is 32.9 Å². The molecule has 7 heteroatoms. The number of benzene rings is 1. The van der Waals surface area contributed by atoms with Gasteiger partial charge in [-0.05, 0) is 44.3 Å². The highest BCUT2D eigenvalue weighted by atomic mass is 32.2. The summed E-state index contributed by atoms with van der Waals surface area (Å²) >= 11 is 5.28. The van der Waals surface area contributed by atoms with Gasteiger partial charge in [0.15, 0.2) is 5.11 Å². The molecule has 20 heavy (non-hydrogen) atoms. The summed E-state index contributed by atoms with van der Waals surface area (Å²) in [6.07, 6.45) is 0. The molecule has 0 aromatic heterocycles. The predicted molar refractivity (Wildman–Crippen MR) is 86.4 cm³/mol. The molecule has 1 rings (SSSR count). The van der Waals surface area contributed by atoms with Crippen LogP contribution < -0.4 is 5.32 Å². The van der Waals surface area contributed by atoms with Crippen LogP contribution in [0.25, 0.3) is 0 Å². The molecule has 0 fully saturated rings. The smallest absolute Gasteiger partial charge is 0.242 e. The second-order valence-electron chi connectivity index (χ2n) is 4.95. The van der Waals surface area contributed by atoms with Crippen molar-refractivity contribution in [2.75, 3.05) is 26.5 Å². The molecule has 0 atom stereocenters. The van der Waals surface area contributed by atoms with Crippen molar-refractivity contribution >= 4 is 33.0 Å². The van der Waals surface area contributed by atoms with Crippen molar-refractivity contribution in [3.63, 3.8) is 0 Å². The minimum atomic E-state index is -3.44. The van der Waals surface area contributed by atoms with Crippen LogP contribution in [-0.4, -0.2) is 49.9 Å². The van der Waals surface area contributed by atoms with Crippen molar-refractivity contribution in [3.8, 4) is 0 Å². The van der Waals surface area contributed by atoms with Crippen molar-refractivity contribution in [2.45, 2.75) is 24.8 Å². The Labute approximate surface area is 126 Å². The number of nitrogens with zero attached hydrogens (tertiary/aromatic N) is 2. The zero-order valence-corrected chi connectivity index (χ0v) is 14.0. The standard InChI is InChI=1S/C13H21N3O2S2/c1-10(2)16(5)13(19)14-11-7-6-8-12(9-11)20(17,18)15(3)4/h6-10H,1-5H3,(H,14,19). The van der Waals surface area contributed by atoms with Crippen molar-refractivity contribution < 1.29 is 8.42 Å². The summed E-state index contributed by atoms with van der Waals surface area (Å²) in [7, 11) is 1.47. The van der Waals surface area contributed by atoms with Gasteiger partial charge >= 0.3 is 0 Å². The van der Waals surface area contributed by atoms with Gasteiger partial charge < -0.3 is 10.2 Å². The van der Waals surface area contributed by atoms with Crippen molar-refractivity contribution in [1.82, 2.24) is 9.21 Å². The summed E-state index contributed by atoms with van der Waals surface area (Å²) < 4.78 is 25.3. The molecule has 0 bridgehead atoms. The Morgan fingerprint density at radius 2 is 1.85 bits per heavy atom. The van der Waals surface area contributed by atoms with Gasteiger partial charge in [0.1, 0.15) is 0 Å². The van der Waals surface area contributed by atoms with E-state index in [4.69, 9.17) is 12.2 Å². The molecule has 0 unspecified atom stereocenters. The van der Waals surface area contributed by atoms with Gasteiger partial charge in [-0.2, -0.15) is 0 Å². The monoisotopic (exact) mass is 315 g/mol. The lowest BCUT2D eigenvalue weighted by Gasteiger charge is -2.25. The van der Waals surface area contributed by atoms with Crippen LogP contribution in [0.4, 0.5) is 5.69 Å². The first-order chi connectivity index (χ1) is 9.16. The van der Waals surface area contributed by atoms with Crippen molar-refractivity contribution in [2.24, 2.45) is 0 Å². The van der Waals surface area contributed by atoms with E-state index < -0.39 is 10.0 Å². The molecule has 1 N–H and O–H groups in total. The van der Waals surface area contributed by atoms with Crippen molar-refractivity contribution in [3.05, 3.63) is 24.3 Å². The number of rotatable bonds is 4. The van der Waals surface area contributed by atoms with E-state index in [1.54, 1.807) is 24.3 Å². The number of anilines is 1. The maximum Gasteiger partial charge on any atom is 0.242 e. The van der Waals surface area contributed by atoms with E-state index in [2.05, 4.69) is 5.32 Å². The maximum absolute atomic E-state index is 12.1. The third-order valence-electron chi connectivity index (χ3n) is 2.96. The summed E-state index contributed by atoms with van der Waals surface area (Å²) in [5.74, 6) is 0. The SMILES string of the molecule is CC(C)N(C)C(=S)Nc1cccc(S(=O)(=O)N(C)C)c1. The molecule has 1 aromatic rings. The average molecular weight is 315 g/mol. The van der Waals surface area contributed by atoms with Gasteiger partial charge in [-0.15, -0.1) is 0 Å². The van der Waals surface area contributed by atoms with Gasteiger partial charge in [-0.3, -0.25) is 0 Å². The summed E-state index contributed by atoms with van der Waals surface area (Å²) in [6.45, 7) is 4.06. The average Bonchev–Trinajstić information content (AvgIpc) is 2.37. The fraction of sp³-hybridized carbons (Fsp3) is 0.462. The molecule has 112 valence electrons. The highest BCUT2D eigenvalue weighted by molar-refractivity contribution is 7.89. The Morgan fingerprint density at radius 3 is 2.35 bits per heavy atom. The Balaban J connectivity index is 2.98. The number of thiocarbonyl (C=S) groups is 1. The molecule has 0 heterocycles. The number of hydrogen-bond donors (Lipinski definition) is 1. The molecular formula is C13H21N3O2S2. The summed E-state index contributed by atoms with van der Waals surface area (Å²) in [4.78, 5) is 2.14. The lowest BCUT2D eigenvalue weighted by Crippen LogP contribution is -2.36. The zero-order chi connectivity index (χ0) is 15.5. The summed E-state index contributed by atoms with van der Waals surface area (Å²) in [5, 5.41) is 3.60. The molecule has 0 spiro atoms. The van der Waals surface area contributed by atoms with Gasteiger partial charge in [0.05, 0.1) is 4.90 Å². The quantitative estimate of drug-likeness (QED) is 0.861. The second-order valence-corrected chi connectivity index (χ2v) is 7.49. The zero-order valence-electron chi connectivity index (χ0n) is 12.4. The van der Waals surface area contributed by atoms with Gasteiger partial charge in [-0.25, -0.2) is 12.7 Å². The Kier molecular flexibility index (Phi) is 5.50. The van der Waals surface area contributed by atoms with E-state index in [-0.39, 0.29) is 10.9 Å². The first-order valence-electron chi connectivity index (χ1n) is 6.22. The van der Waals surface area contributed by atoms with Crippen LogP contribution in [0.1, 0.15) is 13.8 Å². The van der Waals surface area contributed by atoms with Gasteiger partial charge in [-0.1, -0.05) is 6.07 Å². The summed E-state index contributed by atoms with van der Waals surface area (Å²) in [6, 6.07) is 6.89. The molecule has 0 aliphatic heterocycles. The third-order valence-corrected chi connectivity index (χ3v) is 5.16. The van der Waals surface area contributed by atoms with E-state index in [0.717, 1.165) is 0 Å². The molecule has 0 saturated carbocycles. The van der Waals surface area contributed by atoms with Gasteiger partial charge in [0.2, 0.25) is 10.0 Å². The van der Waals surface area contributed by atoms with Crippen LogP contribution in [0.3, 0.4) is 0 Å². The molecule has 0 aliphatic rings. The molecular weight excluding hydrogens is 294 g/mol. The van der Waals surface area contributed by atoms with E-state index in [9.17, 15) is 8.42 Å². The fourth-order valence-electron chi connectivity index (χ4n) is 1.39. The van der Waals surface area contributed by atoms with Crippen molar-refractivity contribution in [1.29, 1.82) is 0 Å². The topological polar surface area (TPSA) is 52.7 Å². The first-order valence-corrected chi connectivity index (χ1v) is 8.07. The summed E-state index contributed by atoms with van der Waals surface area (Å²) in [5.41, 5.74) is 0.658. The second kappa shape index (κ2) is 6.51. The number of nitrogens with one attached hydrogen (secondary N) is 1. The van der Waals surface area contributed by atoms with E-state index in [0.29, 0.717) is 10.8 Å². The molecule has 1 aromatic carbocycles. The van der Waals surface area contributed by atoms with Crippen LogP contribution in [-0.2, 0) is 10.0 Å². The highest BCUT2D eigenvalue weighted by Gasteiger charge is 2.17. The molecule has 0 amide bonds. The Bertz CT molecular complexity index is 583. The molecule has 0 radical (unpaired) electrons. The van der Waals surface area contributed by atoms with E-state index in [1.165, 1.54) is 18.4 Å². The predicted octanol–water partition coefficient (Wildman–Crippen LogP) is 1.97. The highest BCUT2D eigenvalue weighted by Crippen LogP contribution is 2.18. The lowest BCUT2D eigenvalue weighted by molar-refractivity contribution is 0.423. The van der Waals surface area contributed by atoms with Crippen LogP contribution in [0.15, 0.2) is 29.2 Å². The Morgan fingerprint density at radius 1 is 1.25 bits per heavy atom. The van der Waals surface area contributed by atoms with Crippen LogP contribution >= 0.6 is 12.2 Å². The molecule has 0 aliphatic carbocycles. The maximum atomic E-state index is 12.1. The number of hydrogen-bond acceptors (Lipinski definition) is 3. The largest absolute Gasteiger partial charge is 0.350 e. The van der Waals surface area contributed by atoms with E-state index in [1.807, 2.05) is 25.8 Å². The Hall–Kier alpha value is -1.18. The van der Waals surface area contributed by atoms with Crippen LogP contribution in [0, 0.1) is 0 Å². The van der Waals surface area contributed by atoms with Gasteiger partial charge in [0.25, 0.3) is 0 Å². The lowest BCUT2D eigenvalue weighted by atomic mass is 10.3. The van der Waals surface area contributed by atoms with Crippen LogP contribution in [0.2, 0.25) is 0 Å². The minimum Gasteiger partial charge on any atom is -0.350 e. The van der Waals surface area contributed by atoms with Crippen LogP contribution in [0.5, 0.6) is 0 Å². The molecule has 5 nitrogen and oxygen atoms in total.